The Labute approximate surface area is 296 Å². The molecule has 8 rings (SSSR count). The van der Waals surface area contributed by atoms with Crippen LogP contribution in [0.2, 0.25) is 0 Å². The van der Waals surface area contributed by atoms with Gasteiger partial charge in [0, 0.05) is 61.5 Å². The molecule has 266 valence electrons. The molecular weight excluding hydrogens is 653 g/mol. The van der Waals surface area contributed by atoms with E-state index in [0.717, 1.165) is 49.0 Å². The first-order valence-electron chi connectivity index (χ1n) is 17.9. The number of hydrogen-bond acceptors (Lipinski definition) is 7. The highest BCUT2D eigenvalue weighted by molar-refractivity contribution is 6.10. The van der Waals surface area contributed by atoms with Gasteiger partial charge in [0.05, 0.1) is 18.2 Å². The summed E-state index contributed by atoms with van der Waals surface area (Å²) in [6.07, 6.45) is 6.32. The summed E-state index contributed by atoms with van der Waals surface area (Å²) in [6, 6.07) is 11.4. The summed E-state index contributed by atoms with van der Waals surface area (Å²) in [5, 5.41) is 21.4. The Morgan fingerprint density at radius 1 is 1.08 bits per heavy atom. The van der Waals surface area contributed by atoms with Crippen LogP contribution in [0.4, 0.5) is 13.2 Å². The summed E-state index contributed by atoms with van der Waals surface area (Å²) in [5.74, 6) is 1.16. The predicted octanol–water partition coefficient (Wildman–Crippen LogP) is 7.03. The van der Waals surface area contributed by atoms with Gasteiger partial charge >= 0.3 is 6.18 Å². The van der Waals surface area contributed by atoms with Crippen molar-refractivity contribution in [2.75, 3.05) is 19.6 Å². The number of amidine groups is 1. The summed E-state index contributed by atoms with van der Waals surface area (Å²) in [5.41, 5.74) is 2.19. The second-order valence-electron chi connectivity index (χ2n) is 16.0. The third-order valence-corrected chi connectivity index (χ3v) is 12.1. The number of likely N-dealkylation sites (tertiary alicyclic amines) is 1. The summed E-state index contributed by atoms with van der Waals surface area (Å²) in [4.78, 5) is 22.9. The number of nitrogens with one attached hydrogen (secondary N) is 1. The summed E-state index contributed by atoms with van der Waals surface area (Å²) >= 11 is 0. The van der Waals surface area contributed by atoms with Gasteiger partial charge in [0.25, 0.3) is 5.91 Å². The molecule has 1 aromatic heterocycles. The molecule has 3 aromatic rings. The van der Waals surface area contributed by atoms with E-state index in [1.807, 2.05) is 36.7 Å². The summed E-state index contributed by atoms with van der Waals surface area (Å²) < 4.78 is 46.0. The smallest absolute Gasteiger partial charge is 0.370 e. The van der Waals surface area contributed by atoms with E-state index < -0.39 is 23.1 Å². The molecule has 4 heterocycles. The van der Waals surface area contributed by atoms with Crippen molar-refractivity contribution in [2.24, 2.45) is 22.9 Å². The topological polar surface area (TPSA) is 102 Å². The number of benzene rings is 2. The van der Waals surface area contributed by atoms with Crippen LogP contribution in [0.25, 0.3) is 11.4 Å². The quantitative estimate of drug-likeness (QED) is 0.272. The Balaban J connectivity index is 1.15. The normalized spacial score (nSPS) is 23.5. The molecule has 0 radical (unpaired) electrons. The average molecular weight is 697 g/mol. The minimum absolute atomic E-state index is 0.00267. The first kappa shape index (κ1) is 33.6. The van der Waals surface area contributed by atoms with Crippen LogP contribution < -0.4 is 5.32 Å². The van der Waals surface area contributed by atoms with Gasteiger partial charge in [0.2, 0.25) is 0 Å². The second-order valence-corrected chi connectivity index (χ2v) is 16.0. The van der Waals surface area contributed by atoms with Gasteiger partial charge in [-0.05, 0) is 85.9 Å². The van der Waals surface area contributed by atoms with E-state index in [0.29, 0.717) is 48.0 Å². The van der Waals surface area contributed by atoms with Gasteiger partial charge in [-0.3, -0.25) is 14.6 Å². The number of halogens is 3. The fraction of sp³-hybridized carbons (Fsp3) is 0.513. The zero-order valence-electron chi connectivity index (χ0n) is 29.4. The standard InChI is InChI=1S/C39H43F3N8O/c1-25-5-6-27(34-47-45-24-48(34)3)30(15-25)36(2)18-32(44-22-37(9-10-37)11-13-43)46-33(19-36)50-21-29-28(35(50)51)16-26(17-31(29)39(40,41)42)20-49-14-12-38(23-49)7-4-8-38/h5-6,15-18,24,44H,4,7-12,14,19-23H2,1-3H3. The van der Waals surface area contributed by atoms with Gasteiger partial charge in [-0.2, -0.15) is 18.4 Å². The Morgan fingerprint density at radius 3 is 2.53 bits per heavy atom. The predicted molar refractivity (Wildman–Crippen MR) is 186 cm³/mol. The molecule has 2 saturated carbocycles. The largest absolute Gasteiger partial charge is 0.416 e. The maximum absolute atomic E-state index is 14.7. The highest BCUT2D eigenvalue weighted by Crippen LogP contribution is 2.50. The zero-order chi connectivity index (χ0) is 35.8. The van der Waals surface area contributed by atoms with Crippen LogP contribution in [0.15, 0.2) is 53.5 Å². The lowest BCUT2D eigenvalue weighted by molar-refractivity contribution is -0.138. The van der Waals surface area contributed by atoms with Crippen LogP contribution in [0, 0.1) is 29.1 Å². The molecule has 0 bridgehead atoms. The van der Waals surface area contributed by atoms with Gasteiger partial charge in [0.1, 0.15) is 18.0 Å². The lowest BCUT2D eigenvalue weighted by Gasteiger charge is -2.38. The second kappa shape index (κ2) is 12.0. The molecule has 3 aliphatic heterocycles. The molecule has 12 heteroatoms. The number of rotatable bonds is 8. The van der Waals surface area contributed by atoms with E-state index in [2.05, 4.69) is 39.5 Å². The third kappa shape index (κ3) is 6.13. The van der Waals surface area contributed by atoms with Crippen LogP contribution in [-0.4, -0.2) is 55.9 Å². The number of aromatic nitrogens is 3. The van der Waals surface area contributed by atoms with E-state index in [-0.39, 0.29) is 29.5 Å². The van der Waals surface area contributed by atoms with Crippen molar-refractivity contribution < 1.29 is 18.0 Å². The number of aliphatic imine (C=N–C) groups is 1. The van der Waals surface area contributed by atoms with Gasteiger partial charge in [-0.1, -0.05) is 37.1 Å². The van der Waals surface area contributed by atoms with Crippen LogP contribution in [-0.2, 0) is 31.7 Å². The van der Waals surface area contributed by atoms with Gasteiger partial charge in [-0.25, -0.2) is 4.99 Å². The molecule has 1 atom stereocenters. The molecule has 1 saturated heterocycles. The van der Waals surface area contributed by atoms with E-state index in [1.165, 1.54) is 30.2 Å². The fourth-order valence-corrected chi connectivity index (χ4v) is 8.73. The Hall–Kier alpha value is -4.50. The Morgan fingerprint density at radius 2 is 1.88 bits per heavy atom. The van der Waals surface area contributed by atoms with Crippen molar-refractivity contribution in [3.05, 3.63) is 81.9 Å². The first-order chi connectivity index (χ1) is 24.3. The van der Waals surface area contributed by atoms with Crippen LogP contribution in [0.1, 0.15) is 96.5 Å². The van der Waals surface area contributed by atoms with Crippen molar-refractivity contribution >= 4 is 11.7 Å². The number of aryl methyl sites for hydroxylation is 2. The summed E-state index contributed by atoms with van der Waals surface area (Å²) in [7, 11) is 1.88. The molecule has 5 aliphatic rings. The first-order valence-corrected chi connectivity index (χ1v) is 17.9. The van der Waals surface area contributed by atoms with Gasteiger partial charge < -0.3 is 9.88 Å². The van der Waals surface area contributed by atoms with E-state index in [9.17, 15) is 23.2 Å². The van der Waals surface area contributed by atoms with Crippen LogP contribution >= 0.6 is 0 Å². The molecular formula is C39H43F3N8O. The van der Waals surface area contributed by atoms with Crippen molar-refractivity contribution in [2.45, 2.75) is 89.9 Å². The van der Waals surface area contributed by atoms with Crippen molar-refractivity contribution in [1.82, 2.24) is 29.9 Å². The lowest BCUT2D eigenvalue weighted by Crippen LogP contribution is -2.40. The molecule has 1 unspecified atom stereocenters. The number of amides is 1. The summed E-state index contributed by atoms with van der Waals surface area (Å²) in [6.45, 7) is 6.56. The van der Waals surface area contributed by atoms with Crippen LogP contribution in [0.3, 0.4) is 0 Å². The average Bonchev–Trinajstić information content (AvgIpc) is 3.34. The highest BCUT2D eigenvalue weighted by Gasteiger charge is 2.46. The maximum Gasteiger partial charge on any atom is 0.416 e. The number of hydrogen-bond donors (Lipinski definition) is 1. The molecule has 1 amide bonds. The lowest BCUT2D eigenvalue weighted by atomic mass is 9.68. The Bertz CT molecular complexity index is 2010. The van der Waals surface area contributed by atoms with E-state index in [4.69, 9.17) is 4.99 Å². The van der Waals surface area contributed by atoms with Crippen molar-refractivity contribution in [3.8, 4) is 17.5 Å². The Kier molecular flexibility index (Phi) is 7.94. The number of nitrogens with zero attached hydrogens (tertiary/aromatic N) is 7. The van der Waals surface area contributed by atoms with Crippen molar-refractivity contribution in [1.29, 1.82) is 5.26 Å². The number of nitriles is 1. The molecule has 1 N–H and O–H groups in total. The SMILES string of the molecule is Cc1ccc(-c2nncn2C)c(C2(C)C=C(NCC3(CC#N)CC3)N=C(N3Cc4c(cc(CN5CCC6(CCC6)C5)cc4C(F)(F)F)C3=O)C2)c1. The molecule has 1 spiro atoms. The van der Waals surface area contributed by atoms with E-state index in [1.54, 1.807) is 12.4 Å². The fourth-order valence-electron chi connectivity index (χ4n) is 8.73. The van der Waals surface area contributed by atoms with Crippen LogP contribution in [0.5, 0.6) is 0 Å². The van der Waals surface area contributed by atoms with Gasteiger partial charge in [0.15, 0.2) is 5.82 Å². The molecule has 3 fully saturated rings. The molecule has 2 aliphatic carbocycles. The zero-order valence-corrected chi connectivity index (χ0v) is 29.4. The third-order valence-electron chi connectivity index (χ3n) is 12.1. The highest BCUT2D eigenvalue weighted by atomic mass is 19.4. The minimum atomic E-state index is -4.61. The number of allylic oxidation sites excluding steroid dienone is 1. The molecule has 51 heavy (non-hydrogen) atoms. The number of carbonyl (C=O) groups excluding carboxylic acids is 1. The number of alkyl halides is 3. The monoisotopic (exact) mass is 696 g/mol. The maximum atomic E-state index is 14.7. The van der Waals surface area contributed by atoms with E-state index >= 15 is 0 Å². The molecule has 2 aromatic carbocycles. The van der Waals surface area contributed by atoms with Gasteiger partial charge in [-0.15, -0.1) is 10.2 Å². The van der Waals surface area contributed by atoms with Crippen molar-refractivity contribution in [3.63, 3.8) is 0 Å². The number of fused-ring (bicyclic) bond motifs is 1. The molecule has 9 nitrogen and oxygen atoms in total. The number of carbonyl (C=O) groups is 1. The minimum Gasteiger partial charge on any atom is -0.370 e.